The number of aliphatic hydroxyl groups is 2. The van der Waals surface area contributed by atoms with Crippen molar-refractivity contribution in [3.05, 3.63) is 77.9 Å². The molecule has 3 aromatic carbocycles. The van der Waals surface area contributed by atoms with E-state index in [4.69, 9.17) is 4.74 Å². The normalized spacial score (nSPS) is 16.9. The lowest BCUT2D eigenvalue weighted by atomic mass is 10.0. The smallest absolute Gasteiger partial charge is 0.264 e. The van der Waals surface area contributed by atoms with Gasteiger partial charge in [-0.3, -0.25) is 4.31 Å². The molecule has 6 nitrogen and oxygen atoms in total. The number of benzene rings is 3. The number of nitrogens with zero attached hydrogens (tertiary/aromatic N) is 1. The Morgan fingerprint density at radius 1 is 1.12 bits per heavy atom. The van der Waals surface area contributed by atoms with Crippen LogP contribution in [0.25, 0.3) is 11.1 Å². The predicted molar refractivity (Wildman–Crippen MR) is 115 cm³/mol. The third-order valence-electron chi connectivity index (χ3n) is 5.28. The minimum atomic E-state index is -4.10. The van der Waals surface area contributed by atoms with Gasteiger partial charge in [-0.05, 0) is 60.5 Å². The van der Waals surface area contributed by atoms with Crippen LogP contribution in [-0.4, -0.2) is 44.0 Å². The van der Waals surface area contributed by atoms with Gasteiger partial charge in [0, 0.05) is 5.56 Å². The van der Waals surface area contributed by atoms with Crippen LogP contribution < -0.4 is 9.04 Å². The molecule has 0 aliphatic carbocycles. The van der Waals surface area contributed by atoms with Crippen molar-refractivity contribution >= 4 is 15.7 Å². The van der Waals surface area contributed by atoms with Crippen molar-refractivity contribution in [1.82, 2.24) is 0 Å². The maximum atomic E-state index is 14.4. The summed E-state index contributed by atoms with van der Waals surface area (Å²) in [4.78, 5) is 0.0323. The van der Waals surface area contributed by atoms with Crippen LogP contribution in [0.15, 0.2) is 65.6 Å². The minimum absolute atomic E-state index is 0.0294. The zero-order valence-corrected chi connectivity index (χ0v) is 17.9. The monoisotopic (exact) mass is 461 g/mol. The fraction of sp³-hybridized carbons (Fsp3) is 0.217. The first kappa shape index (κ1) is 22.2. The number of sulfonamides is 1. The molecule has 9 heteroatoms. The van der Waals surface area contributed by atoms with Crippen molar-refractivity contribution in [2.45, 2.75) is 24.0 Å². The fourth-order valence-corrected chi connectivity index (χ4v) is 5.19. The molecule has 0 spiro atoms. The molecule has 0 radical (unpaired) electrons. The Hall–Kier alpha value is -3.01. The first-order valence-electron chi connectivity index (χ1n) is 9.85. The summed E-state index contributed by atoms with van der Waals surface area (Å²) in [5.41, 5.74) is 1.09. The van der Waals surface area contributed by atoms with E-state index in [-0.39, 0.29) is 34.0 Å². The van der Waals surface area contributed by atoms with Gasteiger partial charge in [-0.2, -0.15) is 0 Å². The molecule has 2 N–H and O–H groups in total. The van der Waals surface area contributed by atoms with Crippen LogP contribution in [0, 0.1) is 18.6 Å². The molecular weight excluding hydrogens is 440 g/mol. The number of aliphatic hydroxyl groups excluding tert-OH is 2. The summed E-state index contributed by atoms with van der Waals surface area (Å²) in [5.74, 6) is -1.17. The first-order valence-corrected chi connectivity index (χ1v) is 11.3. The molecule has 32 heavy (non-hydrogen) atoms. The quantitative estimate of drug-likeness (QED) is 0.609. The summed E-state index contributed by atoms with van der Waals surface area (Å²) in [6.07, 6.45) is -2.34. The van der Waals surface area contributed by atoms with Gasteiger partial charge in [0.25, 0.3) is 10.0 Å². The number of anilines is 1. The van der Waals surface area contributed by atoms with Crippen molar-refractivity contribution in [2.75, 3.05) is 17.5 Å². The lowest BCUT2D eigenvalue weighted by molar-refractivity contribution is 0.00111. The Balaban J connectivity index is 1.87. The van der Waals surface area contributed by atoms with E-state index >= 15 is 0 Å². The Labute approximate surface area is 184 Å². The van der Waals surface area contributed by atoms with Crippen molar-refractivity contribution < 1.29 is 32.1 Å². The number of halogens is 2. The van der Waals surface area contributed by atoms with Gasteiger partial charge in [-0.25, -0.2) is 17.2 Å². The molecule has 0 fully saturated rings. The van der Waals surface area contributed by atoms with Crippen LogP contribution in [0.1, 0.15) is 5.56 Å². The second-order valence-electron chi connectivity index (χ2n) is 7.57. The van der Waals surface area contributed by atoms with Gasteiger partial charge >= 0.3 is 0 Å². The fourth-order valence-electron chi connectivity index (χ4n) is 3.61. The molecule has 0 unspecified atom stereocenters. The van der Waals surface area contributed by atoms with Crippen molar-refractivity contribution in [3.8, 4) is 16.9 Å². The SMILES string of the molecule is Cc1cccc(S(=O)(=O)N2C[C@H]([C@H](O)CO)Oc3ccc(-c4cc(F)ccc4F)cc32)c1. The van der Waals surface area contributed by atoms with E-state index in [1.165, 1.54) is 30.3 Å². The molecule has 0 aromatic heterocycles. The average Bonchev–Trinajstić information content (AvgIpc) is 2.79. The van der Waals surface area contributed by atoms with Crippen LogP contribution in [0.4, 0.5) is 14.5 Å². The largest absolute Gasteiger partial charge is 0.484 e. The van der Waals surface area contributed by atoms with E-state index in [9.17, 15) is 27.4 Å². The number of fused-ring (bicyclic) bond motifs is 1. The van der Waals surface area contributed by atoms with Gasteiger partial charge in [0.15, 0.2) is 0 Å². The van der Waals surface area contributed by atoms with Crippen molar-refractivity contribution in [3.63, 3.8) is 0 Å². The van der Waals surface area contributed by atoms with Crippen molar-refractivity contribution in [2.24, 2.45) is 0 Å². The third kappa shape index (κ3) is 4.06. The van der Waals surface area contributed by atoms with E-state index < -0.39 is 40.5 Å². The number of aryl methyl sites for hydroxylation is 1. The van der Waals surface area contributed by atoms with Crippen molar-refractivity contribution in [1.29, 1.82) is 0 Å². The molecule has 0 amide bonds. The molecule has 2 atom stereocenters. The molecule has 3 aromatic rings. The average molecular weight is 461 g/mol. The summed E-state index contributed by atoms with van der Waals surface area (Å²) in [6.45, 7) is 0.862. The standard InChI is InChI=1S/C23H21F2NO5S/c1-14-3-2-4-17(9-14)32(29,30)26-12-23(21(28)13-27)31-22-8-5-15(10-20(22)26)18-11-16(24)6-7-19(18)25/h2-11,21,23,27-28H,12-13H2,1H3/t21-,23-/m1/s1. The number of hydrogen-bond acceptors (Lipinski definition) is 5. The van der Waals surface area contributed by atoms with E-state index in [2.05, 4.69) is 0 Å². The number of ether oxygens (including phenoxy) is 1. The zero-order valence-electron chi connectivity index (χ0n) is 17.1. The van der Waals surface area contributed by atoms with Gasteiger partial charge in [0.1, 0.15) is 29.6 Å². The molecule has 0 bridgehead atoms. The van der Waals surface area contributed by atoms with E-state index in [1.807, 2.05) is 0 Å². The van der Waals surface area contributed by atoms with Crippen LogP contribution in [0.2, 0.25) is 0 Å². The third-order valence-corrected chi connectivity index (χ3v) is 7.06. The molecular formula is C23H21F2NO5S. The molecule has 1 aliphatic rings. The highest BCUT2D eigenvalue weighted by atomic mass is 32.2. The first-order chi connectivity index (χ1) is 15.2. The molecule has 4 rings (SSSR count). The van der Waals surface area contributed by atoms with Gasteiger partial charge in [-0.1, -0.05) is 18.2 Å². The van der Waals surface area contributed by atoms with Gasteiger partial charge < -0.3 is 14.9 Å². The van der Waals surface area contributed by atoms with Crippen LogP contribution in [0.3, 0.4) is 0 Å². The second-order valence-corrected chi connectivity index (χ2v) is 9.43. The van der Waals surface area contributed by atoms with E-state index in [0.717, 1.165) is 28.1 Å². The maximum Gasteiger partial charge on any atom is 0.264 e. The topological polar surface area (TPSA) is 87.1 Å². The Bertz CT molecular complexity index is 1260. The zero-order chi connectivity index (χ0) is 23.0. The summed E-state index contributed by atoms with van der Waals surface area (Å²) < 4.78 is 61.9. The maximum absolute atomic E-state index is 14.4. The molecule has 1 heterocycles. The van der Waals surface area contributed by atoms with Gasteiger partial charge in [-0.15, -0.1) is 0 Å². The van der Waals surface area contributed by atoms with Crippen LogP contribution in [0.5, 0.6) is 5.75 Å². The summed E-state index contributed by atoms with van der Waals surface area (Å²) >= 11 is 0. The van der Waals surface area contributed by atoms with E-state index in [0.29, 0.717) is 0 Å². The number of rotatable bonds is 5. The second kappa shape index (κ2) is 8.50. The van der Waals surface area contributed by atoms with Crippen LogP contribution >= 0.6 is 0 Å². The van der Waals surface area contributed by atoms with Gasteiger partial charge in [0.05, 0.1) is 23.7 Å². The highest BCUT2D eigenvalue weighted by Gasteiger charge is 2.37. The summed E-state index contributed by atoms with van der Waals surface area (Å²) in [6, 6.07) is 13.7. The highest BCUT2D eigenvalue weighted by Crippen LogP contribution is 2.41. The van der Waals surface area contributed by atoms with E-state index in [1.54, 1.807) is 19.1 Å². The lowest BCUT2D eigenvalue weighted by Gasteiger charge is -2.37. The molecule has 0 saturated heterocycles. The molecule has 168 valence electrons. The van der Waals surface area contributed by atoms with Gasteiger partial charge in [0.2, 0.25) is 0 Å². The predicted octanol–water partition coefficient (Wildman–Crippen LogP) is 3.25. The highest BCUT2D eigenvalue weighted by molar-refractivity contribution is 7.92. The Morgan fingerprint density at radius 2 is 1.91 bits per heavy atom. The summed E-state index contributed by atoms with van der Waals surface area (Å²) in [5, 5.41) is 19.5. The Morgan fingerprint density at radius 3 is 2.62 bits per heavy atom. The lowest BCUT2D eigenvalue weighted by Crippen LogP contribution is -2.49. The minimum Gasteiger partial charge on any atom is -0.484 e. The molecule has 0 saturated carbocycles. The van der Waals surface area contributed by atoms with Crippen LogP contribution in [-0.2, 0) is 10.0 Å². The molecule has 1 aliphatic heterocycles. The number of hydrogen-bond donors (Lipinski definition) is 2. The summed E-state index contributed by atoms with van der Waals surface area (Å²) in [7, 11) is -4.10. The Kier molecular flexibility index (Phi) is 5.89.